The molecule has 2 amide bonds. The van der Waals surface area contributed by atoms with Gasteiger partial charge in [0.05, 0.1) is 0 Å². The Morgan fingerprint density at radius 3 is 2.50 bits per heavy atom. The molecule has 3 unspecified atom stereocenters. The first-order chi connectivity index (χ1) is 8.33. The van der Waals surface area contributed by atoms with Crippen molar-refractivity contribution in [2.24, 2.45) is 5.92 Å². The van der Waals surface area contributed by atoms with E-state index in [-0.39, 0.29) is 23.9 Å². The van der Waals surface area contributed by atoms with Gasteiger partial charge in [0.2, 0.25) is 11.8 Å². The van der Waals surface area contributed by atoms with Gasteiger partial charge in [-0.2, -0.15) is 0 Å². The van der Waals surface area contributed by atoms with Gasteiger partial charge in [-0.05, 0) is 39.5 Å². The van der Waals surface area contributed by atoms with Crippen LogP contribution in [-0.4, -0.2) is 34.3 Å². The molecule has 0 aromatic heterocycles. The highest BCUT2D eigenvalue weighted by Crippen LogP contribution is 2.31. The number of nitrogens with zero attached hydrogens (tertiary/aromatic N) is 1. The molecule has 1 aliphatic heterocycles. The van der Waals surface area contributed by atoms with Gasteiger partial charge in [0.1, 0.15) is 11.6 Å². The van der Waals surface area contributed by atoms with Crippen LogP contribution >= 0.6 is 0 Å². The minimum Gasteiger partial charge on any atom is -0.340 e. The number of hydrogen-bond donors (Lipinski definition) is 1. The Kier molecular flexibility index (Phi) is 3.39. The molecule has 2 aliphatic rings. The van der Waals surface area contributed by atoms with Gasteiger partial charge < -0.3 is 10.2 Å². The van der Waals surface area contributed by atoms with E-state index in [1.54, 1.807) is 13.8 Å². The predicted octanol–water partition coefficient (Wildman–Crippen LogP) is 1.69. The molecule has 2 fully saturated rings. The van der Waals surface area contributed by atoms with Crippen molar-refractivity contribution in [3.63, 3.8) is 0 Å². The lowest BCUT2D eigenvalue weighted by Gasteiger charge is -2.47. The summed E-state index contributed by atoms with van der Waals surface area (Å²) < 4.78 is 0. The largest absolute Gasteiger partial charge is 0.340 e. The fraction of sp³-hybridized carbons (Fsp3) is 0.857. The van der Waals surface area contributed by atoms with Crippen LogP contribution in [0, 0.1) is 5.92 Å². The maximum atomic E-state index is 12.5. The van der Waals surface area contributed by atoms with Gasteiger partial charge in [-0.1, -0.05) is 19.8 Å². The molecule has 102 valence electrons. The molecule has 0 radical (unpaired) electrons. The van der Waals surface area contributed by atoms with Gasteiger partial charge in [-0.3, -0.25) is 9.59 Å². The Morgan fingerprint density at radius 1 is 1.22 bits per heavy atom. The van der Waals surface area contributed by atoms with Gasteiger partial charge in [0, 0.05) is 6.04 Å². The summed E-state index contributed by atoms with van der Waals surface area (Å²) in [6, 6.07) is -0.0950. The van der Waals surface area contributed by atoms with E-state index in [9.17, 15) is 9.59 Å². The number of nitrogens with one attached hydrogen (secondary N) is 1. The van der Waals surface area contributed by atoms with Crippen LogP contribution in [0.15, 0.2) is 0 Å². The summed E-state index contributed by atoms with van der Waals surface area (Å²) in [7, 11) is 0. The first-order valence-corrected chi connectivity index (χ1v) is 6.97. The third kappa shape index (κ3) is 2.25. The smallest absolute Gasteiger partial charge is 0.248 e. The Balaban J connectivity index is 2.22. The van der Waals surface area contributed by atoms with Crippen LogP contribution in [0.3, 0.4) is 0 Å². The quantitative estimate of drug-likeness (QED) is 0.772. The molecule has 1 heterocycles. The molecule has 2 rings (SSSR count). The lowest BCUT2D eigenvalue weighted by atomic mass is 9.84. The second-order valence-electron chi connectivity index (χ2n) is 6.43. The van der Waals surface area contributed by atoms with Gasteiger partial charge in [0.25, 0.3) is 0 Å². The molecular weight excluding hydrogens is 228 g/mol. The Hall–Kier alpha value is -1.06. The first kappa shape index (κ1) is 13.4. The van der Waals surface area contributed by atoms with Crippen LogP contribution in [0.2, 0.25) is 0 Å². The molecule has 0 aromatic carbocycles. The highest BCUT2D eigenvalue weighted by Gasteiger charge is 2.46. The molecule has 0 aromatic rings. The van der Waals surface area contributed by atoms with Crippen LogP contribution in [-0.2, 0) is 9.59 Å². The average Bonchev–Trinajstić information content (AvgIpc) is 2.27. The number of rotatable bonds is 1. The van der Waals surface area contributed by atoms with Gasteiger partial charge in [0.15, 0.2) is 0 Å². The van der Waals surface area contributed by atoms with E-state index in [0.717, 1.165) is 19.3 Å². The first-order valence-electron chi connectivity index (χ1n) is 6.97. The standard InChI is InChI=1S/C14H24N2O2/c1-9-6-5-7-11(8-9)16-10(2)12(17)15-14(3,4)13(16)18/h9-11H,5-8H2,1-4H3,(H,15,17). The van der Waals surface area contributed by atoms with Crippen molar-refractivity contribution in [1.82, 2.24) is 10.2 Å². The van der Waals surface area contributed by atoms with E-state index >= 15 is 0 Å². The van der Waals surface area contributed by atoms with Crippen LogP contribution < -0.4 is 5.32 Å². The molecule has 1 aliphatic carbocycles. The summed E-state index contributed by atoms with van der Waals surface area (Å²) in [6.07, 6.45) is 4.45. The van der Waals surface area contributed by atoms with E-state index in [0.29, 0.717) is 5.92 Å². The SMILES string of the molecule is CC1CCCC(N2C(=O)C(C)(C)NC(=O)C2C)C1. The number of carbonyl (C=O) groups excluding carboxylic acids is 2. The highest BCUT2D eigenvalue weighted by atomic mass is 16.2. The molecule has 1 N–H and O–H groups in total. The lowest BCUT2D eigenvalue weighted by molar-refractivity contribution is -0.156. The third-order valence-electron chi connectivity index (χ3n) is 4.30. The fourth-order valence-corrected chi connectivity index (χ4v) is 3.23. The molecule has 1 saturated heterocycles. The highest BCUT2D eigenvalue weighted by molar-refractivity contribution is 5.99. The summed E-state index contributed by atoms with van der Waals surface area (Å²) in [4.78, 5) is 26.3. The van der Waals surface area contributed by atoms with Crippen LogP contribution in [0.5, 0.6) is 0 Å². The van der Waals surface area contributed by atoms with Crippen molar-refractivity contribution in [2.75, 3.05) is 0 Å². The second-order valence-corrected chi connectivity index (χ2v) is 6.43. The van der Waals surface area contributed by atoms with E-state index in [2.05, 4.69) is 12.2 Å². The van der Waals surface area contributed by atoms with Gasteiger partial charge in [-0.15, -0.1) is 0 Å². The summed E-state index contributed by atoms with van der Waals surface area (Å²) in [5.74, 6) is 0.684. The minimum absolute atomic E-state index is 0.0298. The Morgan fingerprint density at radius 2 is 1.89 bits per heavy atom. The van der Waals surface area contributed by atoms with Crippen molar-refractivity contribution in [2.45, 2.75) is 71.0 Å². The lowest BCUT2D eigenvalue weighted by Crippen LogP contribution is -2.69. The van der Waals surface area contributed by atoms with Crippen molar-refractivity contribution in [3.8, 4) is 0 Å². The van der Waals surface area contributed by atoms with Crippen molar-refractivity contribution in [3.05, 3.63) is 0 Å². The fourth-order valence-electron chi connectivity index (χ4n) is 3.23. The minimum atomic E-state index is -0.760. The third-order valence-corrected chi connectivity index (χ3v) is 4.30. The zero-order chi connectivity index (χ0) is 13.5. The van der Waals surface area contributed by atoms with Gasteiger partial charge in [-0.25, -0.2) is 0 Å². The van der Waals surface area contributed by atoms with Gasteiger partial charge >= 0.3 is 0 Å². The van der Waals surface area contributed by atoms with E-state index < -0.39 is 5.54 Å². The maximum Gasteiger partial charge on any atom is 0.248 e. The van der Waals surface area contributed by atoms with Crippen molar-refractivity contribution in [1.29, 1.82) is 0 Å². The summed E-state index contributed by atoms with van der Waals surface area (Å²) in [5, 5.41) is 2.81. The monoisotopic (exact) mass is 252 g/mol. The van der Waals surface area contributed by atoms with Crippen LogP contribution in [0.25, 0.3) is 0 Å². The van der Waals surface area contributed by atoms with Crippen LogP contribution in [0.4, 0.5) is 0 Å². The average molecular weight is 252 g/mol. The maximum absolute atomic E-state index is 12.5. The number of hydrogen-bond acceptors (Lipinski definition) is 2. The summed E-state index contributed by atoms with van der Waals surface area (Å²) in [6.45, 7) is 7.65. The zero-order valence-electron chi connectivity index (χ0n) is 11.8. The molecule has 0 spiro atoms. The van der Waals surface area contributed by atoms with E-state index in [4.69, 9.17) is 0 Å². The normalized spacial score (nSPS) is 36.4. The Bertz CT molecular complexity index is 365. The second kappa shape index (κ2) is 4.56. The molecular formula is C14H24N2O2. The topological polar surface area (TPSA) is 49.4 Å². The molecule has 3 atom stereocenters. The predicted molar refractivity (Wildman–Crippen MR) is 69.9 cm³/mol. The molecule has 1 saturated carbocycles. The number of piperazine rings is 1. The summed E-state index contributed by atoms with van der Waals surface area (Å²) in [5.41, 5.74) is -0.760. The molecule has 4 nitrogen and oxygen atoms in total. The van der Waals surface area contributed by atoms with Crippen molar-refractivity contribution < 1.29 is 9.59 Å². The number of carbonyl (C=O) groups is 2. The molecule has 0 bridgehead atoms. The van der Waals surface area contributed by atoms with E-state index in [1.165, 1.54) is 6.42 Å². The zero-order valence-corrected chi connectivity index (χ0v) is 11.8. The number of amides is 2. The Labute approximate surface area is 109 Å². The van der Waals surface area contributed by atoms with E-state index in [1.807, 2.05) is 11.8 Å². The molecule has 18 heavy (non-hydrogen) atoms. The molecule has 4 heteroatoms. The summed E-state index contributed by atoms with van der Waals surface area (Å²) >= 11 is 0. The van der Waals surface area contributed by atoms with Crippen LogP contribution in [0.1, 0.15) is 53.4 Å². The van der Waals surface area contributed by atoms with Crippen molar-refractivity contribution >= 4 is 11.8 Å².